The van der Waals surface area contributed by atoms with Crippen LogP contribution in [0.5, 0.6) is 5.75 Å². The highest BCUT2D eigenvalue weighted by atomic mass is 79.9. The number of hydrogen-bond donors (Lipinski definition) is 2. The fourth-order valence-electron chi connectivity index (χ4n) is 1.90. The van der Waals surface area contributed by atoms with Gasteiger partial charge < -0.3 is 15.4 Å². The lowest BCUT2D eigenvalue weighted by Gasteiger charge is -2.09. The molecule has 2 rings (SSSR count). The Morgan fingerprint density at radius 2 is 1.65 bits per heavy atom. The number of carbonyl (C=O) groups is 1. The van der Waals surface area contributed by atoms with Crippen LogP contribution in [0, 0.1) is 0 Å². The van der Waals surface area contributed by atoms with E-state index in [9.17, 15) is 4.79 Å². The number of urea groups is 1. The average Bonchev–Trinajstić information content (AvgIpc) is 2.55. The molecule has 4 nitrogen and oxygen atoms in total. The van der Waals surface area contributed by atoms with Crippen molar-refractivity contribution < 1.29 is 9.53 Å². The van der Waals surface area contributed by atoms with Gasteiger partial charge in [-0.1, -0.05) is 39.7 Å². The number of benzene rings is 2. The summed E-state index contributed by atoms with van der Waals surface area (Å²) in [6.45, 7) is 1.44. The van der Waals surface area contributed by atoms with Crippen molar-refractivity contribution in [2.24, 2.45) is 0 Å². The lowest BCUT2D eigenvalue weighted by atomic mass is 10.1. The van der Waals surface area contributed by atoms with Gasteiger partial charge in [0.1, 0.15) is 12.4 Å². The number of nitrogens with one attached hydrogen (secondary N) is 2. The minimum Gasteiger partial charge on any atom is -0.492 e. The molecule has 0 unspecified atom stereocenters. The highest BCUT2D eigenvalue weighted by Gasteiger charge is 2.00. The molecule has 2 aromatic rings. The Kier molecular flexibility index (Phi) is 7.23. The molecule has 0 saturated heterocycles. The molecule has 2 amide bonds. The fourth-order valence-corrected chi connectivity index (χ4v) is 2.29. The number of hydrogen-bond acceptors (Lipinski definition) is 2. The van der Waals surface area contributed by atoms with E-state index in [-0.39, 0.29) is 6.03 Å². The summed E-state index contributed by atoms with van der Waals surface area (Å²) < 4.78 is 6.52. The van der Waals surface area contributed by atoms with Crippen molar-refractivity contribution in [1.29, 1.82) is 0 Å². The maximum atomic E-state index is 11.6. The molecule has 2 aromatic carbocycles. The van der Waals surface area contributed by atoms with Gasteiger partial charge in [0.05, 0.1) is 6.54 Å². The van der Waals surface area contributed by atoms with Crippen LogP contribution in [0.15, 0.2) is 53.0 Å². The summed E-state index contributed by atoms with van der Waals surface area (Å²) >= 11 is 9.19. The second kappa shape index (κ2) is 9.43. The first-order chi connectivity index (χ1) is 11.1. The molecule has 6 heteroatoms. The second-order valence-corrected chi connectivity index (χ2v) is 6.21. The molecule has 2 N–H and O–H groups in total. The van der Waals surface area contributed by atoms with Crippen molar-refractivity contribution in [3.8, 4) is 5.75 Å². The molecule has 0 aliphatic carbocycles. The van der Waals surface area contributed by atoms with Crippen LogP contribution in [0.3, 0.4) is 0 Å². The maximum absolute atomic E-state index is 11.6. The fraction of sp³-hybridized carbons (Fsp3) is 0.235. The minimum atomic E-state index is -0.196. The largest absolute Gasteiger partial charge is 0.492 e. The van der Waals surface area contributed by atoms with Gasteiger partial charge >= 0.3 is 6.03 Å². The van der Waals surface area contributed by atoms with Gasteiger partial charge in [0.2, 0.25) is 0 Å². The smallest absolute Gasteiger partial charge is 0.314 e. The van der Waals surface area contributed by atoms with Crippen molar-refractivity contribution in [1.82, 2.24) is 10.6 Å². The second-order valence-electron chi connectivity index (χ2n) is 4.86. The third-order valence-corrected chi connectivity index (χ3v) is 3.86. The summed E-state index contributed by atoms with van der Waals surface area (Å²) in [5.41, 5.74) is 1.13. The summed E-state index contributed by atoms with van der Waals surface area (Å²) in [6, 6.07) is 15.0. The van der Waals surface area contributed by atoms with E-state index in [1.165, 1.54) is 0 Å². The van der Waals surface area contributed by atoms with Crippen LogP contribution < -0.4 is 15.4 Å². The Hall–Kier alpha value is -1.72. The molecule has 122 valence electrons. The van der Waals surface area contributed by atoms with E-state index in [1.54, 1.807) is 0 Å². The van der Waals surface area contributed by atoms with Crippen LogP contribution in [-0.2, 0) is 6.42 Å². The standard InChI is InChI=1S/C17H18BrClN2O2/c18-14-3-7-16(8-4-14)23-12-11-21-17(22)20-10-9-13-1-5-15(19)6-2-13/h1-8H,9-12H2,(H2,20,21,22). The number of ether oxygens (including phenoxy) is 1. The SMILES string of the molecule is O=C(NCCOc1ccc(Br)cc1)NCCc1ccc(Cl)cc1. The van der Waals surface area contributed by atoms with Crippen molar-refractivity contribution in [3.05, 3.63) is 63.6 Å². The molecule has 0 radical (unpaired) electrons. The zero-order valence-electron chi connectivity index (χ0n) is 12.5. The zero-order chi connectivity index (χ0) is 16.5. The van der Waals surface area contributed by atoms with Gasteiger partial charge in [0.25, 0.3) is 0 Å². The quantitative estimate of drug-likeness (QED) is 0.693. The zero-order valence-corrected chi connectivity index (χ0v) is 14.9. The maximum Gasteiger partial charge on any atom is 0.314 e. The Morgan fingerprint density at radius 1 is 1.00 bits per heavy atom. The molecule has 0 spiro atoms. The molecule has 0 fully saturated rings. The normalized spacial score (nSPS) is 10.2. The average molecular weight is 398 g/mol. The third kappa shape index (κ3) is 6.93. The van der Waals surface area contributed by atoms with E-state index in [0.717, 1.165) is 22.2 Å². The molecular formula is C17H18BrClN2O2. The van der Waals surface area contributed by atoms with Crippen molar-refractivity contribution in [2.45, 2.75) is 6.42 Å². The third-order valence-electron chi connectivity index (χ3n) is 3.08. The van der Waals surface area contributed by atoms with Gasteiger partial charge in [-0.25, -0.2) is 4.79 Å². The van der Waals surface area contributed by atoms with Gasteiger partial charge in [-0.3, -0.25) is 0 Å². The molecule has 0 aliphatic rings. The summed E-state index contributed by atoms with van der Waals surface area (Å²) in [4.78, 5) is 11.6. The van der Waals surface area contributed by atoms with E-state index in [2.05, 4.69) is 26.6 Å². The lowest BCUT2D eigenvalue weighted by Crippen LogP contribution is -2.38. The van der Waals surface area contributed by atoms with Gasteiger partial charge in [-0.15, -0.1) is 0 Å². The van der Waals surface area contributed by atoms with E-state index >= 15 is 0 Å². The molecule has 0 bridgehead atoms. The van der Waals surface area contributed by atoms with E-state index in [1.807, 2.05) is 48.5 Å². The predicted molar refractivity (Wildman–Crippen MR) is 96.2 cm³/mol. The van der Waals surface area contributed by atoms with Gasteiger partial charge in [-0.05, 0) is 48.4 Å². The molecule has 0 aromatic heterocycles. The highest BCUT2D eigenvalue weighted by Crippen LogP contribution is 2.15. The number of amides is 2. The van der Waals surface area contributed by atoms with Crippen LogP contribution in [0.4, 0.5) is 4.79 Å². The summed E-state index contributed by atoms with van der Waals surface area (Å²) in [7, 11) is 0. The van der Waals surface area contributed by atoms with Gasteiger partial charge in [0.15, 0.2) is 0 Å². The van der Waals surface area contributed by atoms with E-state index < -0.39 is 0 Å². The highest BCUT2D eigenvalue weighted by molar-refractivity contribution is 9.10. The summed E-state index contributed by atoms with van der Waals surface area (Å²) in [5, 5.41) is 6.27. The van der Waals surface area contributed by atoms with Crippen molar-refractivity contribution in [3.63, 3.8) is 0 Å². The Labute approximate surface area is 149 Å². The first kappa shape index (κ1) is 17.6. The molecule has 23 heavy (non-hydrogen) atoms. The van der Waals surface area contributed by atoms with Gasteiger partial charge in [-0.2, -0.15) is 0 Å². The predicted octanol–water partition coefficient (Wildman–Crippen LogP) is 4.02. The van der Waals surface area contributed by atoms with Crippen molar-refractivity contribution in [2.75, 3.05) is 19.7 Å². The van der Waals surface area contributed by atoms with Gasteiger partial charge in [0, 0.05) is 16.0 Å². The number of halogens is 2. The van der Waals surface area contributed by atoms with Crippen LogP contribution >= 0.6 is 27.5 Å². The Morgan fingerprint density at radius 3 is 2.35 bits per heavy atom. The van der Waals surface area contributed by atoms with Crippen LogP contribution in [0.25, 0.3) is 0 Å². The number of carbonyl (C=O) groups excluding carboxylic acids is 1. The Balaban J connectivity index is 1.56. The first-order valence-electron chi connectivity index (χ1n) is 7.28. The topological polar surface area (TPSA) is 50.4 Å². The van der Waals surface area contributed by atoms with E-state index in [0.29, 0.717) is 24.7 Å². The number of rotatable bonds is 7. The van der Waals surface area contributed by atoms with Crippen LogP contribution in [-0.4, -0.2) is 25.7 Å². The summed E-state index contributed by atoms with van der Waals surface area (Å²) in [6.07, 6.45) is 0.764. The monoisotopic (exact) mass is 396 g/mol. The lowest BCUT2D eigenvalue weighted by molar-refractivity contribution is 0.236. The van der Waals surface area contributed by atoms with Crippen LogP contribution in [0.1, 0.15) is 5.56 Å². The molecule has 0 aliphatic heterocycles. The molecule has 0 atom stereocenters. The minimum absolute atomic E-state index is 0.196. The first-order valence-corrected chi connectivity index (χ1v) is 8.45. The van der Waals surface area contributed by atoms with Crippen molar-refractivity contribution >= 4 is 33.6 Å². The van der Waals surface area contributed by atoms with E-state index in [4.69, 9.17) is 16.3 Å². The molecule has 0 saturated carbocycles. The molecule has 0 heterocycles. The molecular weight excluding hydrogens is 380 g/mol. The summed E-state index contributed by atoms with van der Waals surface area (Å²) in [5.74, 6) is 0.776. The Bertz CT molecular complexity index is 617. The van der Waals surface area contributed by atoms with Crippen LogP contribution in [0.2, 0.25) is 5.02 Å².